The molecule has 0 amide bonds. The van der Waals surface area contributed by atoms with Gasteiger partial charge in [-0.2, -0.15) is 0 Å². The van der Waals surface area contributed by atoms with Crippen molar-refractivity contribution < 1.29 is 9.90 Å². The first-order valence-electron chi connectivity index (χ1n) is 7.41. The van der Waals surface area contributed by atoms with Crippen LogP contribution in [0.15, 0.2) is 48.5 Å². The van der Waals surface area contributed by atoms with Crippen molar-refractivity contribution in [3.8, 4) is 11.3 Å². The number of carbonyl (C=O) groups excluding carboxylic acids is 1. The van der Waals surface area contributed by atoms with Gasteiger partial charge in [-0.15, -0.1) is 0 Å². The van der Waals surface area contributed by atoms with E-state index in [4.69, 9.17) is 0 Å². The minimum absolute atomic E-state index is 0.0873. The fourth-order valence-corrected chi connectivity index (χ4v) is 2.41. The zero-order valence-electron chi connectivity index (χ0n) is 12.7. The average molecular weight is 306 g/mol. The predicted molar refractivity (Wildman–Crippen MR) is 87.8 cm³/mol. The topological polar surface area (TPSA) is 77.9 Å². The zero-order valence-corrected chi connectivity index (χ0v) is 12.7. The van der Waals surface area contributed by atoms with Gasteiger partial charge in [0, 0.05) is 29.9 Å². The molecule has 1 N–H and O–H groups in total. The quantitative estimate of drug-likeness (QED) is 0.781. The van der Waals surface area contributed by atoms with E-state index in [1.807, 2.05) is 49.4 Å². The van der Waals surface area contributed by atoms with E-state index in [1.54, 1.807) is 0 Å². The maximum Gasteiger partial charge on any atom is 0.223 e. The van der Waals surface area contributed by atoms with Crippen LogP contribution < -0.4 is 10.4 Å². The molecule has 0 fully saturated rings. The Morgan fingerprint density at radius 2 is 1.91 bits per heavy atom. The van der Waals surface area contributed by atoms with Gasteiger partial charge in [0.15, 0.2) is 0 Å². The molecule has 2 aromatic carbocycles. The van der Waals surface area contributed by atoms with E-state index in [-0.39, 0.29) is 13.0 Å². The lowest BCUT2D eigenvalue weighted by Crippen LogP contribution is -2.25. The Labute approximate surface area is 134 Å². The van der Waals surface area contributed by atoms with Crippen molar-refractivity contribution >= 4 is 22.8 Å². The number of aromatic nitrogens is 2. The smallest absolute Gasteiger partial charge is 0.223 e. The van der Waals surface area contributed by atoms with Crippen molar-refractivity contribution in [2.75, 3.05) is 11.9 Å². The molecule has 0 aliphatic carbocycles. The van der Waals surface area contributed by atoms with Crippen LogP contribution in [0.3, 0.4) is 0 Å². The largest absolute Gasteiger partial charge is 0.550 e. The Morgan fingerprint density at radius 3 is 2.65 bits per heavy atom. The second kappa shape index (κ2) is 6.44. The van der Waals surface area contributed by atoms with Gasteiger partial charge in [-0.1, -0.05) is 42.0 Å². The highest BCUT2D eigenvalue weighted by Crippen LogP contribution is 2.27. The number of carboxylic acid groups (broad SMARTS) is 1. The van der Waals surface area contributed by atoms with Crippen LogP contribution in [0, 0.1) is 6.92 Å². The van der Waals surface area contributed by atoms with Gasteiger partial charge in [0.2, 0.25) is 5.95 Å². The molecule has 23 heavy (non-hydrogen) atoms. The molecule has 0 radical (unpaired) electrons. The van der Waals surface area contributed by atoms with E-state index in [2.05, 4.69) is 21.4 Å². The molecule has 0 aliphatic rings. The number of hydrogen-bond donors (Lipinski definition) is 1. The summed E-state index contributed by atoms with van der Waals surface area (Å²) in [6.45, 7) is 2.26. The van der Waals surface area contributed by atoms with E-state index in [1.165, 1.54) is 0 Å². The van der Waals surface area contributed by atoms with E-state index in [0.29, 0.717) is 5.95 Å². The lowest BCUT2D eigenvalue weighted by molar-refractivity contribution is -0.305. The zero-order chi connectivity index (χ0) is 16.2. The summed E-state index contributed by atoms with van der Waals surface area (Å²) in [7, 11) is 0. The van der Waals surface area contributed by atoms with Crippen LogP contribution in [0.25, 0.3) is 22.2 Å². The van der Waals surface area contributed by atoms with Crippen molar-refractivity contribution in [2.24, 2.45) is 0 Å². The summed E-state index contributed by atoms with van der Waals surface area (Å²) >= 11 is 0. The Kier molecular flexibility index (Phi) is 4.19. The molecule has 1 heterocycles. The second-order valence-electron chi connectivity index (χ2n) is 5.33. The molecule has 0 aliphatic heterocycles. The summed E-state index contributed by atoms with van der Waals surface area (Å²) < 4.78 is 0. The molecule has 5 nitrogen and oxygen atoms in total. The van der Waals surface area contributed by atoms with Crippen LogP contribution in [0.2, 0.25) is 0 Å². The summed E-state index contributed by atoms with van der Waals surface area (Å²) in [6, 6.07) is 15.9. The second-order valence-corrected chi connectivity index (χ2v) is 5.33. The molecule has 0 spiro atoms. The van der Waals surface area contributed by atoms with Crippen molar-refractivity contribution in [3.05, 3.63) is 54.1 Å². The number of benzene rings is 2. The molecule has 0 atom stereocenters. The highest BCUT2D eigenvalue weighted by atomic mass is 16.4. The summed E-state index contributed by atoms with van der Waals surface area (Å²) in [6.07, 6.45) is -0.0873. The highest BCUT2D eigenvalue weighted by molar-refractivity contribution is 5.93. The van der Waals surface area contributed by atoms with Gasteiger partial charge in [-0.3, -0.25) is 0 Å². The van der Waals surface area contributed by atoms with Gasteiger partial charge in [0.05, 0.1) is 11.2 Å². The third-order valence-corrected chi connectivity index (χ3v) is 3.51. The van der Waals surface area contributed by atoms with Gasteiger partial charge < -0.3 is 15.2 Å². The van der Waals surface area contributed by atoms with Crippen molar-refractivity contribution in [1.29, 1.82) is 0 Å². The predicted octanol–water partition coefficient (Wildman–Crippen LogP) is 2.16. The number of nitrogens with one attached hydrogen (secondary N) is 1. The van der Waals surface area contributed by atoms with Crippen molar-refractivity contribution in [3.63, 3.8) is 0 Å². The van der Waals surface area contributed by atoms with Crippen molar-refractivity contribution in [2.45, 2.75) is 13.3 Å². The van der Waals surface area contributed by atoms with Crippen molar-refractivity contribution in [1.82, 2.24) is 9.97 Å². The molecule has 0 saturated heterocycles. The molecule has 1 aromatic heterocycles. The van der Waals surface area contributed by atoms with E-state index < -0.39 is 5.97 Å². The van der Waals surface area contributed by atoms with Gasteiger partial charge in [0.25, 0.3) is 0 Å². The molecule has 0 bridgehead atoms. The number of nitrogens with zero attached hydrogens (tertiary/aromatic N) is 2. The van der Waals surface area contributed by atoms with Crippen LogP contribution >= 0.6 is 0 Å². The Hall–Kier alpha value is -2.95. The third kappa shape index (κ3) is 3.45. The molecule has 5 heteroatoms. The molecular weight excluding hydrogens is 290 g/mol. The molecule has 3 aromatic rings. The van der Waals surface area contributed by atoms with Gasteiger partial charge in [-0.25, -0.2) is 9.97 Å². The molecule has 3 rings (SSSR count). The Bertz CT molecular complexity index is 848. The minimum atomic E-state index is -1.10. The number of rotatable bonds is 5. The van der Waals surface area contributed by atoms with E-state index in [9.17, 15) is 9.90 Å². The number of fused-ring (bicyclic) bond motifs is 1. The number of hydrogen-bond acceptors (Lipinski definition) is 5. The number of aliphatic carboxylic acids is 1. The first kappa shape index (κ1) is 15.0. The van der Waals surface area contributed by atoms with Crippen LogP contribution in [0.5, 0.6) is 0 Å². The summed E-state index contributed by atoms with van der Waals surface area (Å²) in [5, 5.41) is 14.5. The lowest BCUT2D eigenvalue weighted by atomic mass is 10.0. The summed E-state index contributed by atoms with van der Waals surface area (Å²) in [5.41, 5.74) is 3.78. The standard InChI is InChI=1S/C18H17N3O2/c1-12-7-8-15-14(11-12)17(13-5-3-2-4-6-13)21-18(20-15)19-10-9-16(22)23/h2-8,11H,9-10H2,1H3,(H,22,23)(H,19,20,21)/p-1. The maximum absolute atomic E-state index is 10.5. The molecule has 0 unspecified atom stereocenters. The normalized spacial score (nSPS) is 10.7. The fourth-order valence-electron chi connectivity index (χ4n) is 2.41. The molecular formula is C18H16N3O2-. The van der Waals surface area contributed by atoms with Crippen LogP contribution in [0.1, 0.15) is 12.0 Å². The fraction of sp³-hybridized carbons (Fsp3) is 0.167. The van der Waals surface area contributed by atoms with Crippen LogP contribution in [0.4, 0.5) is 5.95 Å². The SMILES string of the molecule is Cc1ccc2nc(NCCC(=O)[O-])nc(-c3ccccc3)c2c1. The Balaban J connectivity index is 2.07. The van der Waals surface area contributed by atoms with E-state index >= 15 is 0 Å². The molecule has 116 valence electrons. The van der Waals surface area contributed by atoms with Gasteiger partial charge in [-0.05, 0) is 19.1 Å². The lowest BCUT2D eigenvalue weighted by Gasteiger charge is -2.11. The monoisotopic (exact) mass is 306 g/mol. The van der Waals surface area contributed by atoms with E-state index in [0.717, 1.165) is 27.7 Å². The summed E-state index contributed by atoms with van der Waals surface area (Å²) in [4.78, 5) is 19.6. The number of carboxylic acids is 1. The van der Waals surface area contributed by atoms with Crippen LogP contribution in [-0.2, 0) is 4.79 Å². The minimum Gasteiger partial charge on any atom is -0.550 e. The average Bonchev–Trinajstić information content (AvgIpc) is 2.55. The number of carbonyl (C=O) groups is 1. The molecule has 0 saturated carbocycles. The Morgan fingerprint density at radius 1 is 1.13 bits per heavy atom. The maximum atomic E-state index is 10.5. The summed E-state index contributed by atoms with van der Waals surface area (Å²) in [5.74, 6) is -0.682. The first-order chi connectivity index (χ1) is 11.1. The van der Waals surface area contributed by atoms with Gasteiger partial charge >= 0.3 is 0 Å². The number of aryl methyl sites for hydroxylation is 1. The van der Waals surface area contributed by atoms with Gasteiger partial charge in [0.1, 0.15) is 0 Å². The number of anilines is 1. The van der Waals surface area contributed by atoms with Crippen LogP contribution in [-0.4, -0.2) is 22.5 Å². The third-order valence-electron chi connectivity index (χ3n) is 3.51. The first-order valence-corrected chi connectivity index (χ1v) is 7.41. The highest BCUT2D eigenvalue weighted by Gasteiger charge is 2.09.